The molecule has 70 valence electrons. The van der Waals surface area contributed by atoms with Gasteiger partial charge in [-0.3, -0.25) is 0 Å². The van der Waals surface area contributed by atoms with Crippen LogP contribution in [0.1, 0.15) is 27.7 Å². The average molecular weight is 167 g/mol. The number of hydrogen-bond acceptors (Lipinski definition) is 1. The van der Waals surface area contributed by atoms with Crippen molar-refractivity contribution in [2.45, 2.75) is 27.7 Å². The molecule has 0 spiro atoms. The van der Waals surface area contributed by atoms with E-state index in [1.807, 2.05) is 6.08 Å². The van der Waals surface area contributed by atoms with E-state index >= 15 is 0 Å². The van der Waals surface area contributed by atoms with E-state index < -0.39 is 0 Å². The predicted molar refractivity (Wildman–Crippen MR) is 56.0 cm³/mol. The van der Waals surface area contributed by atoms with Gasteiger partial charge in [0.2, 0.25) is 0 Å². The molecule has 0 atom stereocenters. The first kappa shape index (κ1) is 11.3. The van der Waals surface area contributed by atoms with E-state index in [-0.39, 0.29) is 0 Å². The number of rotatable bonds is 3. The van der Waals surface area contributed by atoms with Crippen LogP contribution in [0.25, 0.3) is 0 Å². The maximum absolute atomic E-state index is 3.72. The Kier molecular flexibility index (Phi) is 4.08. The van der Waals surface area contributed by atoms with E-state index in [0.717, 1.165) is 6.54 Å². The van der Waals surface area contributed by atoms with Crippen molar-refractivity contribution in [3.63, 3.8) is 0 Å². The standard InChI is InChI=1S/C11H21N/c1-7-10(2)8-12(6)9-11(3,4)5/h7-8H,1,9H2,2-6H3/b10-8-. The Labute approximate surface area is 76.8 Å². The van der Waals surface area contributed by atoms with Crippen LogP contribution < -0.4 is 0 Å². The first-order valence-electron chi connectivity index (χ1n) is 4.36. The van der Waals surface area contributed by atoms with Gasteiger partial charge in [-0.05, 0) is 17.9 Å². The highest BCUT2D eigenvalue weighted by atomic mass is 15.1. The molecule has 0 saturated carbocycles. The van der Waals surface area contributed by atoms with Crippen LogP contribution in [0.15, 0.2) is 24.4 Å². The Bertz CT molecular complexity index is 172. The highest BCUT2D eigenvalue weighted by Gasteiger charge is 2.11. The monoisotopic (exact) mass is 167 g/mol. The summed E-state index contributed by atoms with van der Waals surface area (Å²) in [5, 5.41) is 0. The van der Waals surface area contributed by atoms with E-state index in [2.05, 4.69) is 52.4 Å². The molecule has 0 aromatic carbocycles. The Morgan fingerprint density at radius 3 is 2.25 bits per heavy atom. The van der Waals surface area contributed by atoms with Crippen LogP contribution in [0.4, 0.5) is 0 Å². The minimum absolute atomic E-state index is 0.354. The van der Waals surface area contributed by atoms with Crippen LogP contribution in [0.5, 0.6) is 0 Å². The van der Waals surface area contributed by atoms with E-state index in [1.165, 1.54) is 5.57 Å². The first-order valence-corrected chi connectivity index (χ1v) is 4.36. The molecule has 1 heteroatoms. The van der Waals surface area contributed by atoms with Gasteiger partial charge >= 0.3 is 0 Å². The molecule has 0 heterocycles. The zero-order valence-corrected chi connectivity index (χ0v) is 9.02. The summed E-state index contributed by atoms with van der Waals surface area (Å²) in [6.07, 6.45) is 4.00. The summed E-state index contributed by atoms with van der Waals surface area (Å²) in [4.78, 5) is 2.21. The van der Waals surface area contributed by atoms with Crippen LogP contribution in [-0.2, 0) is 0 Å². The number of hydrogen-bond donors (Lipinski definition) is 0. The molecule has 0 rings (SSSR count). The zero-order valence-electron chi connectivity index (χ0n) is 9.02. The fourth-order valence-corrected chi connectivity index (χ4v) is 1.19. The quantitative estimate of drug-likeness (QED) is 0.584. The lowest BCUT2D eigenvalue weighted by atomic mass is 9.96. The largest absolute Gasteiger partial charge is 0.380 e. The third-order valence-electron chi connectivity index (χ3n) is 1.47. The van der Waals surface area contributed by atoms with Crippen molar-refractivity contribution in [3.05, 3.63) is 24.4 Å². The smallest absolute Gasteiger partial charge is 0.0217 e. The second-order valence-corrected chi connectivity index (χ2v) is 4.55. The van der Waals surface area contributed by atoms with E-state index in [0.29, 0.717) is 5.41 Å². The molecule has 0 amide bonds. The highest BCUT2D eigenvalue weighted by Crippen LogP contribution is 2.14. The lowest BCUT2D eigenvalue weighted by molar-refractivity contribution is 0.284. The average Bonchev–Trinajstić information content (AvgIpc) is 1.82. The van der Waals surface area contributed by atoms with Crippen molar-refractivity contribution in [2.75, 3.05) is 13.6 Å². The Morgan fingerprint density at radius 1 is 1.42 bits per heavy atom. The molecule has 0 aliphatic heterocycles. The lowest BCUT2D eigenvalue weighted by Crippen LogP contribution is -2.25. The van der Waals surface area contributed by atoms with Gasteiger partial charge in [-0.15, -0.1) is 0 Å². The first-order chi connectivity index (χ1) is 5.35. The molecule has 0 aliphatic carbocycles. The summed E-state index contributed by atoms with van der Waals surface area (Å²) in [6.45, 7) is 13.6. The molecule has 12 heavy (non-hydrogen) atoms. The summed E-state index contributed by atoms with van der Waals surface area (Å²) >= 11 is 0. The van der Waals surface area contributed by atoms with Crippen LogP contribution in [0, 0.1) is 5.41 Å². The van der Waals surface area contributed by atoms with Crippen LogP contribution in [0.3, 0.4) is 0 Å². The molecule has 0 radical (unpaired) electrons. The maximum atomic E-state index is 3.72. The molecule has 0 bridgehead atoms. The lowest BCUT2D eigenvalue weighted by Gasteiger charge is -2.25. The van der Waals surface area contributed by atoms with Gasteiger partial charge in [0.05, 0.1) is 0 Å². The topological polar surface area (TPSA) is 3.24 Å². The molecule has 0 unspecified atom stereocenters. The molecule has 0 N–H and O–H groups in total. The second-order valence-electron chi connectivity index (χ2n) is 4.55. The fraction of sp³-hybridized carbons (Fsp3) is 0.636. The van der Waals surface area contributed by atoms with Crippen LogP contribution in [0.2, 0.25) is 0 Å². The van der Waals surface area contributed by atoms with Gasteiger partial charge in [0.1, 0.15) is 0 Å². The molecule has 0 aromatic rings. The summed E-state index contributed by atoms with van der Waals surface area (Å²) in [6, 6.07) is 0. The highest BCUT2D eigenvalue weighted by molar-refractivity contribution is 5.11. The minimum atomic E-state index is 0.354. The van der Waals surface area contributed by atoms with E-state index in [9.17, 15) is 0 Å². The van der Waals surface area contributed by atoms with Gasteiger partial charge in [-0.2, -0.15) is 0 Å². The number of nitrogens with zero attached hydrogens (tertiary/aromatic N) is 1. The third kappa shape index (κ3) is 6.02. The van der Waals surface area contributed by atoms with Gasteiger partial charge in [0.15, 0.2) is 0 Å². The van der Waals surface area contributed by atoms with Crippen LogP contribution >= 0.6 is 0 Å². The van der Waals surface area contributed by atoms with E-state index in [4.69, 9.17) is 0 Å². The third-order valence-corrected chi connectivity index (χ3v) is 1.47. The van der Waals surface area contributed by atoms with Crippen molar-refractivity contribution in [1.29, 1.82) is 0 Å². The Hall–Kier alpha value is -0.720. The minimum Gasteiger partial charge on any atom is -0.380 e. The van der Waals surface area contributed by atoms with Gasteiger partial charge in [0.25, 0.3) is 0 Å². The van der Waals surface area contributed by atoms with Crippen LogP contribution in [-0.4, -0.2) is 18.5 Å². The van der Waals surface area contributed by atoms with Crippen molar-refractivity contribution in [1.82, 2.24) is 4.90 Å². The van der Waals surface area contributed by atoms with Crippen molar-refractivity contribution >= 4 is 0 Å². The SMILES string of the molecule is C=C/C(C)=C\N(C)CC(C)(C)C. The molecule has 0 saturated heterocycles. The van der Waals surface area contributed by atoms with Gasteiger partial charge in [0, 0.05) is 19.8 Å². The molecule has 0 aliphatic rings. The molecular weight excluding hydrogens is 146 g/mol. The van der Waals surface area contributed by atoms with E-state index in [1.54, 1.807) is 0 Å². The summed E-state index contributed by atoms with van der Waals surface area (Å²) in [5.41, 5.74) is 1.56. The summed E-state index contributed by atoms with van der Waals surface area (Å²) < 4.78 is 0. The van der Waals surface area contributed by atoms with Gasteiger partial charge in [-0.25, -0.2) is 0 Å². The van der Waals surface area contributed by atoms with Crippen molar-refractivity contribution in [3.8, 4) is 0 Å². The molecule has 1 nitrogen and oxygen atoms in total. The molecular formula is C11H21N. The zero-order chi connectivity index (χ0) is 9.78. The predicted octanol–water partition coefficient (Wildman–Crippen LogP) is 3.05. The number of allylic oxidation sites excluding steroid dienone is 2. The molecule has 0 fully saturated rings. The van der Waals surface area contributed by atoms with Gasteiger partial charge < -0.3 is 4.90 Å². The Balaban J connectivity index is 4.06. The van der Waals surface area contributed by atoms with Crippen molar-refractivity contribution < 1.29 is 0 Å². The summed E-state index contributed by atoms with van der Waals surface area (Å²) in [7, 11) is 2.10. The maximum Gasteiger partial charge on any atom is 0.0217 e. The second kappa shape index (κ2) is 4.34. The van der Waals surface area contributed by atoms with Gasteiger partial charge in [-0.1, -0.05) is 33.4 Å². The molecule has 0 aromatic heterocycles. The summed E-state index contributed by atoms with van der Waals surface area (Å²) in [5.74, 6) is 0. The fourth-order valence-electron chi connectivity index (χ4n) is 1.19. The van der Waals surface area contributed by atoms with Crippen molar-refractivity contribution in [2.24, 2.45) is 5.41 Å². The Morgan fingerprint density at radius 2 is 1.92 bits per heavy atom. The normalized spacial score (nSPS) is 12.9.